The summed E-state index contributed by atoms with van der Waals surface area (Å²) in [5, 5.41) is 12.3. The lowest BCUT2D eigenvalue weighted by Gasteiger charge is -2.09. The SMILES string of the molecule is Cc1ccc(C(=O)Nc2cccc(C(C)O)c2)cn1. The first-order valence-electron chi connectivity index (χ1n) is 6.08. The molecule has 2 N–H and O–H groups in total. The van der Waals surface area contributed by atoms with Crippen LogP contribution in [0.1, 0.15) is 34.6 Å². The number of amides is 1. The highest BCUT2D eigenvalue weighted by molar-refractivity contribution is 6.04. The predicted molar refractivity (Wildman–Crippen MR) is 74.0 cm³/mol. The van der Waals surface area contributed by atoms with Gasteiger partial charge in [0.1, 0.15) is 0 Å². The molecule has 0 saturated carbocycles. The smallest absolute Gasteiger partial charge is 0.257 e. The lowest BCUT2D eigenvalue weighted by Crippen LogP contribution is -2.12. The van der Waals surface area contributed by atoms with E-state index in [9.17, 15) is 9.90 Å². The summed E-state index contributed by atoms with van der Waals surface area (Å²) in [6.45, 7) is 3.55. The summed E-state index contributed by atoms with van der Waals surface area (Å²) in [7, 11) is 0. The third-order valence-corrected chi connectivity index (χ3v) is 2.80. The van der Waals surface area contributed by atoms with E-state index in [1.165, 1.54) is 0 Å². The number of aryl methyl sites for hydroxylation is 1. The molecule has 0 aliphatic rings. The Morgan fingerprint density at radius 1 is 1.32 bits per heavy atom. The maximum atomic E-state index is 12.0. The van der Waals surface area contributed by atoms with Gasteiger partial charge in [0.2, 0.25) is 0 Å². The Labute approximate surface area is 112 Å². The molecule has 1 aromatic carbocycles. The van der Waals surface area contributed by atoms with Crippen LogP contribution in [0.25, 0.3) is 0 Å². The predicted octanol–water partition coefficient (Wildman–Crippen LogP) is 2.70. The Morgan fingerprint density at radius 3 is 2.74 bits per heavy atom. The molecule has 0 saturated heterocycles. The van der Waals surface area contributed by atoms with Crippen molar-refractivity contribution in [1.82, 2.24) is 4.98 Å². The number of carbonyl (C=O) groups excluding carboxylic acids is 1. The van der Waals surface area contributed by atoms with Gasteiger partial charge in [-0.1, -0.05) is 12.1 Å². The van der Waals surface area contributed by atoms with E-state index in [4.69, 9.17) is 0 Å². The fourth-order valence-electron chi connectivity index (χ4n) is 1.68. The molecule has 4 heteroatoms. The van der Waals surface area contributed by atoms with Crippen molar-refractivity contribution in [3.63, 3.8) is 0 Å². The molecule has 2 rings (SSSR count). The Morgan fingerprint density at radius 2 is 2.11 bits per heavy atom. The highest BCUT2D eigenvalue weighted by atomic mass is 16.3. The van der Waals surface area contributed by atoms with E-state index in [0.29, 0.717) is 11.3 Å². The van der Waals surface area contributed by atoms with Crippen LogP contribution in [0.15, 0.2) is 42.6 Å². The Balaban J connectivity index is 2.14. The fourth-order valence-corrected chi connectivity index (χ4v) is 1.68. The molecule has 0 bridgehead atoms. The molecule has 0 radical (unpaired) electrons. The third kappa shape index (κ3) is 3.39. The van der Waals surface area contributed by atoms with E-state index >= 15 is 0 Å². The summed E-state index contributed by atoms with van der Waals surface area (Å²) < 4.78 is 0. The minimum absolute atomic E-state index is 0.213. The monoisotopic (exact) mass is 256 g/mol. The van der Waals surface area contributed by atoms with E-state index in [-0.39, 0.29) is 5.91 Å². The summed E-state index contributed by atoms with van der Waals surface area (Å²) in [4.78, 5) is 16.1. The number of aliphatic hydroxyl groups is 1. The normalized spacial score (nSPS) is 11.9. The molecular formula is C15H16N2O2. The van der Waals surface area contributed by atoms with Crippen LogP contribution in [0.2, 0.25) is 0 Å². The van der Waals surface area contributed by atoms with Gasteiger partial charge >= 0.3 is 0 Å². The van der Waals surface area contributed by atoms with Gasteiger partial charge in [-0.2, -0.15) is 0 Å². The minimum atomic E-state index is -0.558. The zero-order chi connectivity index (χ0) is 13.8. The lowest BCUT2D eigenvalue weighted by atomic mass is 10.1. The Bertz CT molecular complexity index is 577. The zero-order valence-corrected chi connectivity index (χ0v) is 10.9. The molecule has 1 unspecified atom stereocenters. The Hall–Kier alpha value is -2.20. The van der Waals surface area contributed by atoms with Crippen LogP contribution in [0.3, 0.4) is 0 Å². The standard InChI is InChI=1S/C15H16N2O2/c1-10-6-7-13(9-16-10)15(19)17-14-5-3-4-12(8-14)11(2)18/h3-9,11,18H,1-2H3,(H,17,19). The molecule has 1 atom stereocenters. The van der Waals surface area contributed by atoms with E-state index in [2.05, 4.69) is 10.3 Å². The van der Waals surface area contributed by atoms with Gasteiger partial charge in [0.15, 0.2) is 0 Å². The summed E-state index contributed by atoms with van der Waals surface area (Å²) >= 11 is 0. The van der Waals surface area contributed by atoms with Crippen LogP contribution in [0.4, 0.5) is 5.69 Å². The van der Waals surface area contributed by atoms with E-state index in [1.807, 2.05) is 13.0 Å². The molecule has 4 nitrogen and oxygen atoms in total. The highest BCUT2D eigenvalue weighted by Crippen LogP contribution is 2.17. The first kappa shape index (κ1) is 13.2. The second-order valence-corrected chi connectivity index (χ2v) is 4.44. The number of aliphatic hydroxyl groups excluding tert-OH is 1. The second kappa shape index (κ2) is 5.63. The van der Waals surface area contributed by atoms with Gasteiger partial charge in [-0.25, -0.2) is 0 Å². The number of nitrogens with one attached hydrogen (secondary N) is 1. The number of carbonyl (C=O) groups is 1. The Kier molecular flexibility index (Phi) is 3.92. The minimum Gasteiger partial charge on any atom is -0.389 e. The maximum Gasteiger partial charge on any atom is 0.257 e. The second-order valence-electron chi connectivity index (χ2n) is 4.44. The van der Waals surface area contributed by atoms with Gasteiger partial charge in [-0.05, 0) is 43.7 Å². The van der Waals surface area contributed by atoms with E-state index < -0.39 is 6.10 Å². The van der Waals surface area contributed by atoms with Crippen molar-refractivity contribution in [2.45, 2.75) is 20.0 Å². The van der Waals surface area contributed by atoms with Crippen molar-refractivity contribution in [2.24, 2.45) is 0 Å². The molecule has 2 aromatic rings. The van der Waals surface area contributed by atoms with E-state index in [0.717, 1.165) is 11.3 Å². The van der Waals surface area contributed by atoms with Gasteiger partial charge < -0.3 is 10.4 Å². The van der Waals surface area contributed by atoms with Gasteiger partial charge in [0.05, 0.1) is 11.7 Å². The van der Waals surface area contributed by atoms with E-state index in [1.54, 1.807) is 43.5 Å². The zero-order valence-electron chi connectivity index (χ0n) is 10.9. The number of hydrogen-bond donors (Lipinski definition) is 2. The van der Waals surface area contributed by atoms with Crippen LogP contribution in [0, 0.1) is 6.92 Å². The molecule has 98 valence electrons. The largest absolute Gasteiger partial charge is 0.389 e. The van der Waals surface area contributed by atoms with Crippen molar-refractivity contribution in [3.8, 4) is 0 Å². The molecule has 19 heavy (non-hydrogen) atoms. The van der Waals surface area contributed by atoms with Crippen LogP contribution < -0.4 is 5.32 Å². The van der Waals surface area contributed by atoms with Gasteiger partial charge in [-0.15, -0.1) is 0 Å². The van der Waals surface area contributed by atoms with Crippen LogP contribution in [-0.2, 0) is 0 Å². The van der Waals surface area contributed by atoms with Crippen LogP contribution in [0.5, 0.6) is 0 Å². The topological polar surface area (TPSA) is 62.2 Å². The number of benzene rings is 1. The summed E-state index contributed by atoms with van der Waals surface area (Å²) in [6, 6.07) is 10.7. The van der Waals surface area contributed by atoms with Gasteiger partial charge in [0, 0.05) is 17.6 Å². The summed E-state index contributed by atoms with van der Waals surface area (Å²) in [5.41, 5.74) is 2.80. The molecule has 1 aromatic heterocycles. The van der Waals surface area contributed by atoms with Crippen LogP contribution >= 0.6 is 0 Å². The summed E-state index contributed by atoms with van der Waals surface area (Å²) in [5.74, 6) is -0.213. The van der Waals surface area contributed by atoms with Crippen molar-refractivity contribution in [1.29, 1.82) is 0 Å². The van der Waals surface area contributed by atoms with Crippen molar-refractivity contribution in [3.05, 3.63) is 59.4 Å². The molecule has 0 fully saturated rings. The first-order valence-corrected chi connectivity index (χ1v) is 6.08. The number of hydrogen-bond acceptors (Lipinski definition) is 3. The number of rotatable bonds is 3. The van der Waals surface area contributed by atoms with Crippen LogP contribution in [-0.4, -0.2) is 16.0 Å². The average molecular weight is 256 g/mol. The fraction of sp³-hybridized carbons (Fsp3) is 0.200. The van der Waals surface area contributed by atoms with Crippen molar-refractivity contribution < 1.29 is 9.90 Å². The molecule has 0 aliphatic carbocycles. The number of anilines is 1. The van der Waals surface area contributed by atoms with Gasteiger partial charge in [-0.3, -0.25) is 9.78 Å². The quantitative estimate of drug-likeness (QED) is 0.887. The molecular weight excluding hydrogens is 240 g/mol. The molecule has 1 heterocycles. The highest BCUT2D eigenvalue weighted by Gasteiger charge is 2.07. The molecule has 1 amide bonds. The number of pyridine rings is 1. The number of aromatic nitrogens is 1. The first-order chi connectivity index (χ1) is 9.06. The molecule has 0 aliphatic heterocycles. The summed E-state index contributed by atoms with van der Waals surface area (Å²) in [6.07, 6.45) is 0.987. The number of nitrogens with zero attached hydrogens (tertiary/aromatic N) is 1. The van der Waals surface area contributed by atoms with Crippen molar-refractivity contribution >= 4 is 11.6 Å². The van der Waals surface area contributed by atoms with Gasteiger partial charge in [0.25, 0.3) is 5.91 Å². The average Bonchev–Trinajstić information content (AvgIpc) is 2.39. The molecule has 0 spiro atoms. The lowest BCUT2D eigenvalue weighted by molar-refractivity contribution is 0.102. The maximum absolute atomic E-state index is 12.0. The van der Waals surface area contributed by atoms with Crippen molar-refractivity contribution in [2.75, 3.05) is 5.32 Å². The third-order valence-electron chi connectivity index (χ3n) is 2.80.